The highest BCUT2D eigenvalue weighted by atomic mass is 32.2. The smallest absolute Gasteiger partial charge is 0.465 e. The van der Waals surface area contributed by atoms with E-state index in [4.69, 9.17) is 9.47 Å². The normalized spacial score (nSPS) is 12.5. The number of rotatable bonds is 4. The van der Waals surface area contributed by atoms with Gasteiger partial charge in [-0.25, -0.2) is 19.1 Å². The highest BCUT2D eigenvalue weighted by Crippen LogP contribution is 2.32. The Kier molecular flexibility index (Phi) is 6.59. The molecular formula is C22H21F3N2O7S. The predicted molar refractivity (Wildman–Crippen MR) is 118 cm³/mol. The van der Waals surface area contributed by atoms with Crippen molar-refractivity contribution < 1.29 is 44.8 Å². The molecule has 0 atom stereocenters. The first-order valence-corrected chi connectivity index (χ1v) is 11.4. The Morgan fingerprint density at radius 1 is 1.00 bits per heavy atom. The largest absolute Gasteiger partial charge is 0.534 e. The van der Waals surface area contributed by atoms with Gasteiger partial charge in [-0.15, -0.1) is 0 Å². The fourth-order valence-electron chi connectivity index (χ4n) is 3.14. The Balaban J connectivity index is 2.13. The highest BCUT2D eigenvalue weighted by Gasteiger charge is 2.48. The molecule has 0 fully saturated rings. The lowest BCUT2D eigenvalue weighted by atomic mass is 10.0. The quantitative estimate of drug-likeness (QED) is 0.277. The molecule has 2 aromatic carbocycles. The summed E-state index contributed by atoms with van der Waals surface area (Å²) in [4.78, 5) is 29.6. The van der Waals surface area contributed by atoms with Gasteiger partial charge in [-0.05, 0) is 63.1 Å². The number of halogens is 3. The lowest BCUT2D eigenvalue weighted by Gasteiger charge is -2.20. The van der Waals surface area contributed by atoms with Crippen LogP contribution in [-0.4, -0.2) is 48.3 Å². The highest BCUT2D eigenvalue weighted by molar-refractivity contribution is 7.88. The predicted octanol–water partition coefficient (Wildman–Crippen LogP) is 4.81. The summed E-state index contributed by atoms with van der Waals surface area (Å²) in [5, 5.41) is 0. The van der Waals surface area contributed by atoms with Crippen LogP contribution in [0.25, 0.3) is 22.2 Å². The monoisotopic (exact) mass is 514 g/mol. The second-order valence-corrected chi connectivity index (χ2v) is 9.90. The number of imidazole rings is 1. The van der Waals surface area contributed by atoms with Gasteiger partial charge in [-0.2, -0.15) is 21.6 Å². The topological polar surface area (TPSA) is 114 Å². The van der Waals surface area contributed by atoms with Crippen LogP contribution in [0.3, 0.4) is 0 Å². The van der Waals surface area contributed by atoms with Gasteiger partial charge in [0, 0.05) is 0 Å². The number of benzene rings is 2. The van der Waals surface area contributed by atoms with E-state index in [9.17, 15) is 31.2 Å². The zero-order chi connectivity index (χ0) is 26.3. The van der Waals surface area contributed by atoms with Crippen molar-refractivity contribution in [3.8, 4) is 16.9 Å². The molecule has 3 aromatic rings. The molecule has 188 valence electrons. The molecular weight excluding hydrogens is 493 g/mol. The minimum atomic E-state index is -5.83. The molecule has 0 aliphatic heterocycles. The van der Waals surface area contributed by atoms with Gasteiger partial charge >= 0.3 is 27.7 Å². The fourth-order valence-corrected chi connectivity index (χ4v) is 3.60. The third-order valence-electron chi connectivity index (χ3n) is 4.59. The van der Waals surface area contributed by atoms with Crippen LogP contribution < -0.4 is 4.18 Å². The van der Waals surface area contributed by atoms with Crippen molar-refractivity contribution >= 4 is 33.2 Å². The van der Waals surface area contributed by atoms with Crippen LogP contribution in [0, 0.1) is 6.92 Å². The molecule has 9 nitrogen and oxygen atoms in total. The number of aromatic nitrogens is 2. The zero-order valence-electron chi connectivity index (χ0n) is 19.3. The van der Waals surface area contributed by atoms with Gasteiger partial charge in [0.25, 0.3) is 0 Å². The number of methoxy groups -OCH3 is 1. The molecule has 0 unspecified atom stereocenters. The maximum Gasteiger partial charge on any atom is 0.534 e. The van der Waals surface area contributed by atoms with E-state index in [2.05, 4.69) is 9.17 Å². The number of fused-ring (bicyclic) bond motifs is 1. The Labute approximate surface area is 198 Å². The van der Waals surface area contributed by atoms with E-state index in [-0.39, 0.29) is 22.4 Å². The van der Waals surface area contributed by atoms with Crippen molar-refractivity contribution in [3.63, 3.8) is 0 Å². The van der Waals surface area contributed by atoms with Gasteiger partial charge in [0.1, 0.15) is 22.7 Å². The van der Waals surface area contributed by atoms with Crippen LogP contribution in [0.5, 0.6) is 5.75 Å². The summed E-state index contributed by atoms with van der Waals surface area (Å²) in [6, 6.07) is 7.61. The van der Waals surface area contributed by atoms with Crippen molar-refractivity contribution in [3.05, 3.63) is 47.8 Å². The molecule has 0 saturated carbocycles. The molecule has 35 heavy (non-hydrogen) atoms. The summed E-state index contributed by atoms with van der Waals surface area (Å²) >= 11 is 0. The summed E-state index contributed by atoms with van der Waals surface area (Å²) < 4.78 is 75.7. The molecule has 3 rings (SSSR count). The van der Waals surface area contributed by atoms with E-state index >= 15 is 0 Å². The van der Waals surface area contributed by atoms with Crippen LogP contribution in [0.1, 0.15) is 37.0 Å². The van der Waals surface area contributed by atoms with Crippen LogP contribution >= 0.6 is 0 Å². The number of alkyl halides is 3. The van der Waals surface area contributed by atoms with Crippen LogP contribution in [0.4, 0.5) is 18.0 Å². The van der Waals surface area contributed by atoms with Crippen LogP contribution in [0.15, 0.2) is 36.4 Å². The zero-order valence-corrected chi connectivity index (χ0v) is 20.1. The Morgan fingerprint density at radius 3 is 2.11 bits per heavy atom. The van der Waals surface area contributed by atoms with Gasteiger partial charge in [-0.1, -0.05) is 12.1 Å². The molecule has 0 aliphatic rings. The lowest BCUT2D eigenvalue weighted by Crippen LogP contribution is -2.28. The van der Waals surface area contributed by atoms with E-state index in [1.807, 2.05) is 0 Å². The van der Waals surface area contributed by atoms with Gasteiger partial charge in [0.2, 0.25) is 0 Å². The van der Waals surface area contributed by atoms with Gasteiger partial charge in [-0.3, -0.25) is 0 Å². The number of ether oxygens (including phenoxy) is 2. The van der Waals surface area contributed by atoms with E-state index in [1.54, 1.807) is 27.7 Å². The standard InChI is InChI=1S/C22H21F3N2O7S/c1-12-26-18-16(19(28)32-5)10-14(11-17(18)27(12)20(29)33-21(2,3)4)13-6-8-15(9-7-13)34-35(30,31)22(23,24)25/h6-11H,1-5H3. The molecule has 0 spiro atoms. The fraction of sp³-hybridized carbons (Fsp3) is 0.318. The number of carbonyl (C=O) groups is 2. The average molecular weight is 514 g/mol. The minimum absolute atomic E-state index is 0.0328. The van der Waals surface area contributed by atoms with Crippen molar-refractivity contribution in [2.75, 3.05) is 7.11 Å². The average Bonchev–Trinajstić information content (AvgIpc) is 3.06. The van der Waals surface area contributed by atoms with Crippen molar-refractivity contribution in [1.82, 2.24) is 9.55 Å². The maximum absolute atomic E-state index is 12.8. The molecule has 0 radical (unpaired) electrons. The van der Waals surface area contributed by atoms with Gasteiger partial charge in [0.15, 0.2) is 0 Å². The first-order chi connectivity index (χ1) is 16.0. The Hall–Kier alpha value is -3.61. The second-order valence-electron chi connectivity index (χ2n) is 8.37. The Morgan fingerprint density at radius 2 is 1.60 bits per heavy atom. The summed E-state index contributed by atoms with van der Waals surface area (Å²) in [7, 11) is -4.66. The molecule has 0 amide bonds. The van der Waals surface area contributed by atoms with E-state index < -0.39 is 39.0 Å². The first kappa shape index (κ1) is 26.0. The number of aryl methyl sites for hydroxylation is 1. The molecule has 0 N–H and O–H groups in total. The molecule has 0 bridgehead atoms. The number of hydrogen-bond donors (Lipinski definition) is 0. The van der Waals surface area contributed by atoms with Crippen LogP contribution in [0.2, 0.25) is 0 Å². The maximum atomic E-state index is 12.8. The SMILES string of the molecule is COC(=O)c1cc(-c2ccc(OS(=O)(=O)C(F)(F)F)cc2)cc2c1nc(C)n2C(=O)OC(C)(C)C. The number of hydrogen-bond acceptors (Lipinski definition) is 8. The number of esters is 1. The second kappa shape index (κ2) is 8.87. The van der Waals surface area contributed by atoms with Gasteiger partial charge in [0.05, 0.1) is 18.2 Å². The molecule has 1 heterocycles. The van der Waals surface area contributed by atoms with Gasteiger partial charge < -0.3 is 13.7 Å². The van der Waals surface area contributed by atoms with Crippen molar-refractivity contribution in [1.29, 1.82) is 0 Å². The minimum Gasteiger partial charge on any atom is -0.465 e. The van der Waals surface area contributed by atoms with Crippen LogP contribution in [-0.2, 0) is 19.6 Å². The molecule has 0 saturated heterocycles. The molecule has 0 aliphatic carbocycles. The summed E-state index contributed by atoms with van der Waals surface area (Å²) in [5.74, 6) is -1.05. The first-order valence-electron chi connectivity index (χ1n) is 10.00. The van der Waals surface area contributed by atoms with Crippen molar-refractivity contribution in [2.45, 2.75) is 38.8 Å². The third kappa shape index (κ3) is 5.39. The Bertz CT molecular complexity index is 1400. The summed E-state index contributed by atoms with van der Waals surface area (Å²) in [6.45, 7) is 6.62. The number of nitrogens with zero attached hydrogens (tertiary/aromatic N) is 2. The lowest BCUT2D eigenvalue weighted by molar-refractivity contribution is -0.0500. The molecule has 13 heteroatoms. The van der Waals surface area contributed by atoms with Crippen molar-refractivity contribution in [2.24, 2.45) is 0 Å². The van der Waals surface area contributed by atoms with E-state index in [0.717, 1.165) is 12.1 Å². The van der Waals surface area contributed by atoms with E-state index in [1.165, 1.54) is 35.9 Å². The molecule has 1 aromatic heterocycles. The van der Waals surface area contributed by atoms with E-state index in [0.29, 0.717) is 11.1 Å². The third-order valence-corrected chi connectivity index (χ3v) is 5.57. The number of carbonyl (C=O) groups excluding carboxylic acids is 2. The summed E-state index contributed by atoms with van der Waals surface area (Å²) in [6.07, 6.45) is -0.730. The summed E-state index contributed by atoms with van der Waals surface area (Å²) in [5.41, 5.74) is -5.20.